The van der Waals surface area contributed by atoms with Crippen LogP contribution in [0.2, 0.25) is 0 Å². The highest BCUT2D eigenvalue weighted by molar-refractivity contribution is 6.05. The Kier molecular flexibility index (Phi) is 3.48. The zero-order valence-electron chi connectivity index (χ0n) is 12.0. The summed E-state index contributed by atoms with van der Waals surface area (Å²) in [4.78, 5) is 16.0. The van der Waals surface area contributed by atoms with Crippen molar-refractivity contribution in [2.45, 2.75) is 33.2 Å². The number of carbonyl (C=O) groups is 1. The maximum atomic E-state index is 12.2. The zero-order chi connectivity index (χ0) is 14.9. The fourth-order valence-electron chi connectivity index (χ4n) is 1.99. The molecule has 0 aromatic carbocycles. The molecule has 2 rings (SSSR count). The molecule has 0 spiro atoms. The number of rotatable bonds is 2. The van der Waals surface area contributed by atoms with Crippen LogP contribution in [0.5, 0.6) is 5.75 Å². The zero-order valence-corrected chi connectivity index (χ0v) is 12.0. The van der Waals surface area contributed by atoms with Gasteiger partial charge in [0, 0.05) is 11.9 Å². The Labute approximate surface area is 117 Å². The average molecular weight is 274 g/mol. The largest absolute Gasteiger partial charge is 0.504 e. The first-order chi connectivity index (χ1) is 9.30. The van der Waals surface area contributed by atoms with Gasteiger partial charge in [0.15, 0.2) is 5.75 Å². The minimum absolute atomic E-state index is 0.0679. The fraction of sp³-hybridized carbons (Fsp3) is 0.357. The summed E-state index contributed by atoms with van der Waals surface area (Å²) in [6, 6.07) is 1.54. The van der Waals surface area contributed by atoms with Crippen molar-refractivity contribution in [3.8, 4) is 5.75 Å². The van der Waals surface area contributed by atoms with E-state index in [0.717, 1.165) is 5.69 Å². The maximum absolute atomic E-state index is 12.2. The van der Waals surface area contributed by atoms with Gasteiger partial charge in [0.1, 0.15) is 0 Å². The van der Waals surface area contributed by atoms with E-state index in [1.807, 2.05) is 27.7 Å². The molecule has 2 aromatic rings. The number of carbonyl (C=O) groups excluding carboxylic acids is 1. The van der Waals surface area contributed by atoms with Crippen molar-refractivity contribution in [1.82, 2.24) is 14.8 Å². The number of pyridine rings is 1. The molecule has 2 heterocycles. The Bertz CT molecular complexity index is 641. The lowest BCUT2D eigenvalue weighted by atomic mass is 10.1. The van der Waals surface area contributed by atoms with Crippen molar-refractivity contribution < 1.29 is 9.90 Å². The number of aromatic nitrogens is 3. The highest BCUT2D eigenvalue weighted by Gasteiger charge is 2.21. The van der Waals surface area contributed by atoms with Gasteiger partial charge in [-0.05, 0) is 33.8 Å². The van der Waals surface area contributed by atoms with Crippen molar-refractivity contribution >= 4 is 11.6 Å². The van der Waals surface area contributed by atoms with Gasteiger partial charge in [-0.25, -0.2) is 0 Å². The Balaban J connectivity index is 2.27. The second kappa shape index (κ2) is 4.96. The monoisotopic (exact) mass is 274 g/mol. The predicted octanol–water partition coefficient (Wildman–Crippen LogP) is 2.30. The van der Waals surface area contributed by atoms with Gasteiger partial charge in [-0.1, -0.05) is 0 Å². The summed E-state index contributed by atoms with van der Waals surface area (Å²) in [6.07, 6.45) is 4.32. The minimum Gasteiger partial charge on any atom is -0.504 e. The second-order valence-electron chi connectivity index (χ2n) is 5.57. The van der Waals surface area contributed by atoms with Crippen molar-refractivity contribution in [3.05, 3.63) is 35.9 Å². The highest BCUT2D eigenvalue weighted by Crippen LogP contribution is 2.23. The summed E-state index contributed by atoms with van der Waals surface area (Å²) in [5.41, 5.74) is 1.40. The number of hydrogen-bond acceptors (Lipinski definition) is 4. The molecule has 0 saturated heterocycles. The van der Waals surface area contributed by atoms with E-state index in [1.54, 1.807) is 4.68 Å². The van der Waals surface area contributed by atoms with Crippen LogP contribution in [-0.2, 0) is 5.54 Å². The van der Waals surface area contributed by atoms with E-state index in [2.05, 4.69) is 15.4 Å². The van der Waals surface area contributed by atoms with Gasteiger partial charge >= 0.3 is 0 Å². The normalized spacial score (nSPS) is 11.4. The lowest BCUT2D eigenvalue weighted by Crippen LogP contribution is -2.25. The molecule has 0 bridgehead atoms. The molecule has 6 nitrogen and oxygen atoms in total. The lowest BCUT2D eigenvalue weighted by molar-refractivity contribution is 0.102. The van der Waals surface area contributed by atoms with Crippen LogP contribution in [0.3, 0.4) is 0 Å². The summed E-state index contributed by atoms with van der Waals surface area (Å²) in [5, 5.41) is 16.5. The van der Waals surface area contributed by atoms with Crippen molar-refractivity contribution in [2.75, 3.05) is 5.32 Å². The van der Waals surface area contributed by atoms with E-state index in [-0.39, 0.29) is 17.2 Å². The molecule has 2 N–H and O–H groups in total. The third kappa shape index (κ3) is 2.64. The average Bonchev–Trinajstić information content (AvgIpc) is 2.74. The fourth-order valence-corrected chi connectivity index (χ4v) is 1.99. The molecular weight excluding hydrogens is 256 g/mol. The van der Waals surface area contributed by atoms with E-state index >= 15 is 0 Å². The number of nitrogens with one attached hydrogen (secondary N) is 1. The van der Waals surface area contributed by atoms with Gasteiger partial charge in [0.2, 0.25) is 0 Å². The topological polar surface area (TPSA) is 80.0 Å². The molecule has 0 unspecified atom stereocenters. The van der Waals surface area contributed by atoms with E-state index < -0.39 is 0 Å². The van der Waals surface area contributed by atoms with Crippen LogP contribution < -0.4 is 5.32 Å². The summed E-state index contributed by atoms with van der Waals surface area (Å²) < 4.78 is 1.80. The second-order valence-corrected chi connectivity index (χ2v) is 5.57. The van der Waals surface area contributed by atoms with E-state index in [1.165, 1.54) is 24.7 Å². The van der Waals surface area contributed by atoms with Gasteiger partial charge in [-0.2, -0.15) is 5.10 Å². The number of amides is 1. The third-order valence-electron chi connectivity index (χ3n) is 2.94. The first-order valence-corrected chi connectivity index (χ1v) is 6.30. The van der Waals surface area contributed by atoms with Gasteiger partial charge in [-0.15, -0.1) is 0 Å². The highest BCUT2D eigenvalue weighted by atomic mass is 16.3. The first kappa shape index (κ1) is 14.0. The molecule has 6 heteroatoms. The molecule has 0 radical (unpaired) electrons. The molecular formula is C14H18N4O2. The summed E-state index contributed by atoms with van der Waals surface area (Å²) >= 11 is 0. The van der Waals surface area contributed by atoms with E-state index in [4.69, 9.17) is 0 Å². The van der Waals surface area contributed by atoms with Crippen molar-refractivity contribution in [3.63, 3.8) is 0 Å². The SMILES string of the molecule is Cc1c(C(=O)Nc2ccncc2O)cnn1C(C)(C)C. The summed E-state index contributed by atoms with van der Waals surface area (Å²) in [5.74, 6) is -0.374. The Morgan fingerprint density at radius 3 is 2.60 bits per heavy atom. The van der Waals surface area contributed by atoms with Crippen LogP contribution in [0.15, 0.2) is 24.7 Å². The van der Waals surface area contributed by atoms with Crippen LogP contribution >= 0.6 is 0 Å². The standard InChI is InChI=1S/C14H18N4O2/c1-9-10(7-16-18(9)14(2,3)4)13(20)17-11-5-6-15-8-12(11)19/h5-8,19H,1-4H3,(H,15,17,20). The van der Waals surface area contributed by atoms with Crippen molar-refractivity contribution in [2.24, 2.45) is 0 Å². The lowest BCUT2D eigenvalue weighted by Gasteiger charge is -2.21. The number of anilines is 1. The molecule has 0 aliphatic heterocycles. The Hall–Kier alpha value is -2.37. The summed E-state index contributed by atoms with van der Waals surface area (Å²) in [7, 11) is 0. The predicted molar refractivity (Wildman–Crippen MR) is 75.8 cm³/mol. The van der Waals surface area contributed by atoms with Crippen LogP contribution in [-0.4, -0.2) is 25.8 Å². The van der Waals surface area contributed by atoms with Crippen LogP contribution in [0.4, 0.5) is 5.69 Å². The van der Waals surface area contributed by atoms with E-state index in [0.29, 0.717) is 11.3 Å². The van der Waals surface area contributed by atoms with Crippen LogP contribution in [0, 0.1) is 6.92 Å². The molecule has 1 amide bonds. The Morgan fingerprint density at radius 2 is 2.05 bits per heavy atom. The molecule has 0 atom stereocenters. The van der Waals surface area contributed by atoms with Crippen molar-refractivity contribution in [1.29, 1.82) is 0 Å². The molecule has 2 aromatic heterocycles. The maximum Gasteiger partial charge on any atom is 0.259 e. The van der Waals surface area contributed by atoms with Crippen LogP contribution in [0.25, 0.3) is 0 Å². The van der Waals surface area contributed by atoms with Gasteiger partial charge in [-0.3, -0.25) is 14.5 Å². The molecule has 106 valence electrons. The smallest absolute Gasteiger partial charge is 0.259 e. The first-order valence-electron chi connectivity index (χ1n) is 6.30. The Morgan fingerprint density at radius 1 is 1.35 bits per heavy atom. The van der Waals surface area contributed by atoms with Crippen LogP contribution in [0.1, 0.15) is 36.8 Å². The third-order valence-corrected chi connectivity index (χ3v) is 2.94. The molecule has 0 aliphatic carbocycles. The van der Waals surface area contributed by atoms with Gasteiger partial charge in [0.05, 0.1) is 29.2 Å². The minimum atomic E-state index is -0.306. The summed E-state index contributed by atoms with van der Waals surface area (Å²) in [6.45, 7) is 7.90. The molecule has 20 heavy (non-hydrogen) atoms. The number of hydrogen-bond donors (Lipinski definition) is 2. The van der Waals surface area contributed by atoms with E-state index in [9.17, 15) is 9.90 Å². The molecule has 0 aliphatic rings. The number of nitrogens with zero attached hydrogens (tertiary/aromatic N) is 3. The quantitative estimate of drug-likeness (QED) is 0.880. The number of aromatic hydroxyl groups is 1. The molecule has 0 fully saturated rings. The molecule has 0 saturated carbocycles. The van der Waals surface area contributed by atoms with Gasteiger partial charge < -0.3 is 10.4 Å². The van der Waals surface area contributed by atoms with Gasteiger partial charge in [0.25, 0.3) is 5.91 Å².